The third-order valence-electron chi connectivity index (χ3n) is 4.21. The van der Waals surface area contributed by atoms with Crippen molar-refractivity contribution in [1.82, 2.24) is 4.98 Å². The summed E-state index contributed by atoms with van der Waals surface area (Å²) in [5, 5.41) is 5.71. The van der Waals surface area contributed by atoms with Crippen molar-refractivity contribution in [2.45, 2.75) is 20.1 Å². The molecule has 1 aromatic carbocycles. The van der Waals surface area contributed by atoms with E-state index in [-0.39, 0.29) is 24.8 Å². The average molecular weight is 473 g/mol. The molecule has 0 atom stereocenters. The number of rotatable bonds is 8. The largest absolute Gasteiger partial charge is 0.486 e. The summed E-state index contributed by atoms with van der Waals surface area (Å²) in [7, 11) is 0. The Morgan fingerprint density at radius 3 is 2.75 bits per heavy atom. The lowest BCUT2D eigenvalue weighted by Crippen LogP contribution is -2.09. The standard InChI is InChI=1S/C22H17FN2O5S2/c1-13-9-18(25-21(26)17-3-2-8-28-17)32-20(13)22(27)30-10-15-12-31-19(24-15)11-29-16-6-4-14(23)5-7-16/h2-9,12H,10-11H2,1H3,(H,25,26). The molecule has 1 amide bonds. The van der Waals surface area contributed by atoms with Gasteiger partial charge in [0.05, 0.1) is 17.0 Å². The first-order valence-corrected chi connectivity index (χ1v) is 11.1. The maximum absolute atomic E-state index is 12.9. The predicted molar refractivity (Wildman–Crippen MR) is 118 cm³/mol. The second-order valence-corrected chi connectivity index (χ2v) is 8.60. The van der Waals surface area contributed by atoms with Crippen LogP contribution in [0.2, 0.25) is 0 Å². The van der Waals surface area contributed by atoms with Gasteiger partial charge in [0.2, 0.25) is 0 Å². The van der Waals surface area contributed by atoms with Gasteiger partial charge in [0.1, 0.15) is 34.7 Å². The molecule has 32 heavy (non-hydrogen) atoms. The molecule has 4 aromatic rings. The minimum Gasteiger partial charge on any atom is -0.486 e. The van der Waals surface area contributed by atoms with E-state index in [1.165, 1.54) is 29.7 Å². The van der Waals surface area contributed by atoms with E-state index in [1.807, 2.05) is 0 Å². The monoisotopic (exact) mass is 472 g/mol. The lowest BCUT2D eigenvalue weighted by molar-refractivity contribution is 0.0473. The molecule has 3 heterocycles. The number of hydrogen-bond donors (Lipinski definition) is 1. The van der Waals surface area contributed by atoms with Crippen LogP contribution >= 0.6 is 22.7 Å². The van der Waals surface area contributed by atoms with Crippen molar-refractivity contribution < 1.29 is 27.9 Å². The fourth-order valence-electron chi connectivity index (χ4n) is 2.69. The van der Waals surface area contributed by atoms with E-state index in [0.717, 1.165) is 11.3 Å². The molecule has 0 aliphatic heterocycles. The molecule has 7 nitrogen and oxygen atoms in total. The quantitative estimate of drug-likeness (QED) is 0.344. The van der Waals surface area contributed by atoms with Gasteiger partial charge in [-0.05, 0) is 55.0 Å². The Balaban J connectivity index is 1.29. The van der Waals surface area contributed by atoms with Crippen LogP contribution in [-0.2, 0) is 18.0 Å². The fraction of sp³-hybridized carbons (Fsp3) is 0.136. The molecule has 1 N–H and O–H groups in total. The number of amides is 1. The lowest BCUT2D eigenvalue weighted by atomic mass is 10.3. The first-order chi connectivity index (χ1) is 15.5. The van der Waals surface area contributed by atoms with Gasteiger partial charge in [-0.25, -0.2) is 14.2 Å². The molecule has 0 radical (unpaired) electrons. The van der Waals surface area contributed by atoms with Crippen molar-refractivity contribution >= 4 is 39.6 Å². The van der Waals surface area contributed by atoms with Crippen LogP contribution in [0.3, 0.4) is 0 Å². The molecule has 0 aliphatic carbocycles. The number of nitrogens with zero attached hydrogens (tertiary/aromatic N) is 1. The SMILES string of the molecule is Cc1cc(NC(=O)c2ccco2)sc1C(=O)OCc1csc(COc2ccc(F)cc2)n1. The van der Waals surface area contributed by atoms with Crippen LogP contribution in [0.5, 0.6) is 5.75 Å². The molecule has 0 spiro atoms. The van der Waals surface area contributed by atoms with Gasteiger partial charge in [0.25, 0.3) is 5.91 Å². The number of esters is 1. The second kappa shape index (κ2) is 9.75. The predicted octanol–water partition coefficient (Wildman–Crippen LogP) is 5.43. The molecule has 10 heteroatoms. The maximum Gasteiger partial charge on any atom is 0.349 e. The summed E-state index contributed by atoms with van der Waals surface area (Å²) in [4.78, 5) is 29.4. The van der Waals surface area contributed by atoms with Crippen LogP contribution in [0.4, 0.5) is 9.39 Å². The van der Waals surface area contributed by atoms with Gasteiger partial charge >= 0.3 is 5.97 Å². The fourth-order valence-corrected chi connectivity index (χ4v) is 4.34. The Kier molecular flexibility index (Phi) is 6.62. The van der Waals surface area contributed by atoms with Crippen LogP contribution < -0.4 is 10.1 Å². The topological polar surface area (TPSA) is 90.7 Å². The third-order valence-corrected chi connectivity index (χ3v) is 6.22. The van der Waals surface area contributed by atoms with E-state index < -0.39 is 11.9 Å². The van der Waals surface area contributed by atoms with E-state index in [1.54, 1.807) is 42.6 Å². The molecule has 0 saturated carbocycles. The first-order valence-electron chi connectivity index (χ1n) is 9.42. The number of aromatic nitrogens is 1. The smallest absolute Gasteiger partial charge is 0.349 e. The number of furan rings is 1. The van der Waals surface area contributed by atoms with Gasteiger partial charge in [0.15, 0.2) is 5.76 Å². The summed E-state index contributed by atoms with van der Waals surface area (Å²) >= 11 is 2.50. The van der Waals surface area contributed by atoms with Gasteiger partial charge in [0, 0.05) is 5.38 Å². The molecule has 0 fully saturated rings. The molecule has 4 rings (SSSR count). The summed E-state index contributed by atoms with van der Waals surface area (Å²) in [5.74, 6) is -0.499. The van der Waals surface area contributed by atoms with E-state index in [0.29, 0.717) is 31.9 Å². The molecular formula is C22H17FN2O5S2. The van der Waals surface area contributed by atoms with Gasteiger partial charge in [-0.15, -0.1) is 22.7 Å². The van der Waals surface area contributed by atoms with Crippen molar-refractivity contribution in [1.29, 1.82) is 0 Å². The number of nitrogens with one attached hydrogen (secondary N) is 1. The number of ether oxygens (including phenoxy) is 2. The zero-order valence-electron chi connectivity index (χ0n) is 16.8. The first kappa shape index (κ1) is 21.7. The number of hydrogen-bond acceptors (Lipinski definition) is 8. The molecule has 3 aromatic heterocycles. The minimum atomic E-state index is -0.497. The number of anilines is 1. The zero-order chi connectivity index (χ0) is 22.5. The average Bonchev–Trinajstić information content (AvgIpc) is 3.53. The number of thiophene rings is 1. The highest BCUT2D eigenvalue weighted by Crippen LogP contribution is 2.28. The minimum absolute atomic E-state index is 0.0112. The Morgan fingerprint density at radius 1 is 1.19 bits per heavy atom. The summed E-state index contributed by atoms with van der Waals surface area (Å²) < 4.78 is 28.9. The summed E-state index contributed by atoms with van der Waals surface area (Å²) in [6.45, 7) is 2.01. The van der Waals surface area contributed by atoms with Crippen LogP contribution in [0.15, 0.2) is 58.5 Å². The number of benzene rings is 1. The molecule has 0 unspecified atom stereocenters. The van der Waals surface area contributed by atoms with Crippen molar-refractivity contribution in [2.24, 2.45) is 0 Å². The molecule has 0 saturated heterocycles. The van der Waals surface area contributed by atoms with Crippen LogP contribution in [-0.4, -0.2) is 16.9 Å². The maximum atomic E-state index is 12.9. The van der Waals surface area contributed by atoms with Gasteiger partial charge in [-0.2, -0.15) is 0 Å². The Labute approximate surface area is 190 Å². The van der Waals surface area contributed by atoms with Crippen LogP contribution in [0, 0.1) is 12.7 Å². The van der Waals surface area contributed by atoms with Gasteiger partial charge < -0.3 is 19.2 Å². The van der Waals surface area contributed by atoms with E-state index >= 15 is 0 Å². The highest BCUT2D eigenvalue weighted by atomic mass is 32.1. The Hall–Kier alpha value is -3.50. The zero-order valence-corrected chi connectivity index (χ0v) is 18.4. The number of thiazole rings is 1. The second-order valence-electron chi connectivity index (χ2n) is 6.61. The third kappa shape index (κ3) is 5.40. The Bertz CT molecular complexity index is 1220. The Morgan fingerprint density at radius 2 is 2.00 bits per heavy atom. The van der Waals surface area contributed by atoms with Crippen molar-refractivity contribution in [3.05, 3.63) is 86.8 Å². The van der Waals surface area contributed by atoms with Crippen LogP contribution in [0.1, 0.15) is 36.5 Å². The number of aryl methyl sites for hydroxylation is 1. The van der Waals surface area contributed by atoms with E-state index in [2.05, 4.69) is 10.3 Å². The van der Waals surface area contributed by atoms with Crippen molar-refractivity contribution in [2.75, 3.05) is 5.32 Å². The van der Waals surface area contributed by atoms with Gasteiger partial charge in [-0.1, -0.05) is 0 Å². The summed E-state index contributed by atoms with van der Waals surface area (Å²) in [6, 6.07) is 10.6. The molecule has 0 aliphatic rings. The lowest BCUT2D eigenvalue weighted by Gasteiger charge is -2.03. The molecule has 164 valence electrons. The molecular weight excluding hydrogens is 455 g/mol. The van der Waals surface area contributed by atoms with Crippen molar-refractivity contribution in [3.63, 3.8) is 0 Å². The van der Waals surface area contributed by atoms with E-state index in [4.69, 9.17) is 13.9 Å². The summed E-state index contributed by atoms with van der Waals surface area (Å²) in [6.07, 6.45) is 1.41. The number of carbonyl (C=O) groups is 2. The van der Waals surface area contributed by atoms with Crippen molar-refractivity contribution in [3.8, 4) is 5.75 Å². The van der Waals surface area contributed by atoms with E-state index in [9.17, 15) is 14.0 Å². The van der Waals surface area contributed by atoms with Crippen LogP contribution in [0.25, 0.3) is 0 Å². The normalized spacial score (nSPS) is 10.7. The van der Waals surface area contributed by atoms with Gasteiger partial charge in [-0.3, -0.25) is 4.79 Å². The summed E-state index contributed by atoms with van der Waals surface area (Å²) in [5.41, 5.74) is 1.29. The molecule has 0 bridgehead atoms. The highest BCUT2D eigenvalue weighted by Gasteiger charge is 2.18. The highest BCUT2D eigenvalue weighted by molar-refractivity contribution is 7.18. The number of carbonyl (C=O) groups excluding carboxylic acids is 2. The number of halogens is 1.